The van der Waals surface area contributed by atoms with Crippen LogP contribution in [0.5, 0.6) is 0 Å². The quantitative estimate of drug-likeness (QED) is 0.691. The van der Waals surface area contributed by atoms with E-state index >= 15 is 0 Å². The third-order valence-corrected chi connectivity index (χ3v) is 4.14. The molecule has 0 bridgehead atoms. The van der Waals surface area contributed by atoms with Gasteiger partial charge in [0, 0.05) is 19.6 Å². The summed E-state index contributed by atoms with van der Waals surface area (Å²) in [6.45, 7) is 3.55. The van der Waals surface area contributed by atoms with Crippen LogP contribution in [-0.2, 0) is 13.1 Å². The molecule has 1 heterocycles. The molecular weight excluding hydrogens is 343 g/mol. The molecule has 1 amide bonds. The third kappa shape index (κ3) is 5.10. The van der Waals surface area contributed by atoms with Gasteiger partial charge in [0.05, 0.1) is 12.4 Å². The zero-order valence-electron chi connectivity index (χ0n) is 15.1. The fourth-order valence-corrected chi connectivity index (χ4v) is 2.62. The van der Waals surface area contributed by atoms with Crippen molar-refractivity contribution in [1.29, 1.82) is 0 Å². The normalized spacial score (nSPS) is 10.4. The van der Waals surface area contributed by atoms with Crippen LogP contribution in [0.15, 0.2) is 67.0 Å². The van der Waals surface area contributed by atoms with Gasteiger partial charge in [-0.05, 0) is 30.2 Å². The number of carbonyl (C=O) groups excluding carboxylic acids is 1. The number of aromatic nitrogens is 2. The van der Waals surface area contributed by atoms with E-state index in [9.17, 15) is 9.18 Å². The van der Waals surface area contributed by atoms with Gasteiger partial charge in [-0.25, -0.2) is 14.4 Å². The Kier molecular flexibility index (Phi) is 6.10. The Morgan fingerprint density at radius 1 is 1.00 bits per heavy atom. The van der Waals surface area contributed by atoms with Crippen LogP contribution in [-0.4, -0.2) is 27.3 Å². The average molecular weight is 364 g/mol. The molecule has 0 fully saturated rings. The number of hydrogen-bond donors (Lipinski definition) is 1. The molecule has 0 atom stereocenters. The summed E-state index contributed by atoms with van der Waals surface area (Å²) in [6.07, 6.45) is 3.01. The predicted octanol–water partition coefficient (Wildman–Crippen LogP) is 3.89. The molecule has 0 spiro atoms. The first kappa shape index (κ1) is 18.5. The Balaban J connectivity index is 1.61. The van der Waals surface area contributed by atoms with Crippen molar-refractivity contribution in [2.24, 2.45) is 0 Å². The Hall–Kier alpha value is -3.28. The number of hydrogen-bond acceptors (Lipinski definition) is 4. The van der Waals surface area contributed by atoms with Gasteiger partial charge in [-0.3, -0.25) is 4.79 Å². The number of halogens is 1. The molecule has 5 nitrogen and oxygen atoms in total. The van der Waals surface area contributed by atoms with Crippen molar-refractivity contribution in [3.05, 3.63) is 89.6 Å². The lowest BCUT2D eigenvalue weighted by atomic mass is 10.2. The SMILES string of the molecule is CCN(Cc1ccccc1)C(=O)c1cnc(NCc2ccc(F)cc2)cn1. The Bertz CT molecular complexity index is 867. The maximum atomic E-state index is 12.9. The first-order valence-corrected chi connectivity index (χ1v) is 8.79. The van der Waals surface area contributed by atoms with Crippen LogP contribution in [0, 0.1) is 5.82 Å². The van der Waals surface area contributed by atoms with Crippen LogP contribution in [0.3, 0.4) is 0 Å². The van der Waals surface area contributed by atoms with Gasteiger partial charge in [0.1, 0.15) is 17.3 Å². The van der Waals surface area contributed by atoms with E-state index in [0.717, 1.165) is 11.1 Å². The largest absolute Gasteiger partial charge is 0.365 e. The van der Waals surface area contributed by atoms with Crippen LogP contribution in [0.25, 0.3) is 0 Å². The van der Waals surface area contributed by atoms with E-state index < -0.39 is 0 Å². The van der Waals surface area contributed by atoms with Crippen molar-refractivity contribution in [1.82, 2.24) is 14.9 Å². The second-order valence-corrected chi connectivity index (χ2v) is 6.07. The summed E-state index contributed by atoms with van der Waals surface area (Å²) in [4.78, 5) is 22.9. The minimum Gasteiger partial charge on any atom is -0.365 e. The molecule has 27 heavy (non-hydrogen) atoms. The number of rotatable bonds is 7. The first-order chi connectivity index (χ1) is 13.2. The molecule has 138 valence electrons. The number of carbonyl (C=O) groups is 1. The summed E-state index contributed by atoms with van der Waals surface area (Å²) in [7, 11) is 0. The van der Waals surface area contributed by atoms with Crippen LogP contribution in [0.2, 0.25) is 0 Å². The lowest BCUT2D eigenvalue weighted by Gasteiger charge is -2.20. The van der Waals surface area contributed by atoms with Gasteiger partial charge < -0.3 is 10.2 Å². The van der Waals surface area contributed by atoms with E-state index in [-0.39, 0.29) is 11.7 Å². The molecule has 0 saturated heterocycles. The Labute approximate surface area is 157 Å². The fraction of sp³-hybridized carbons (Fsp3) is 0.190. The van der Waals surface area contributed by atoms with Gasteiger partial charge in [-0.1, -0.05) is 42.5 Å². The minimum atomic E-state index is -0.266. The Morgan fingerprint density at radius 3 is 2.37 bits per heavy atom. The number of amides is 1. The highest BCUT2D eigenvalue weighted by Gasteiger charge is 2.16. The van der Waals surface area contributed by atoms with Gasteiger partial charge in [0.2, 0.25) is 0 Å². The molecule has 0 aliphatic heterocycles. The molecule has 0 unspecified atom stereocenters. The summed E-state index contributed by atoms with van der Waals surface area (Å²) in [5.41, 5.74) is 2.30. The van der Waals surface area contributed by atoms with Gasteiger partial charge >= 0.3 is 0 Å². The van der Waals surface area contributed by atoms with E-state index in [0.29, 0.717) is 31.1 Å². The van der Waals surface area contributed by atoms with Crippen LogP contribution in [0.4, 0.5) is 10.2 Å². The molecule has 6 heteroatoms. The lowest BCUT2D eigenvalue weighted by Crippen LogP contribution is -2.31. The summed E-state index contributed by atoms with van der Waals surface area (Å²) >= 11 is 0. The fourth-order valence-electron chi connectivity index (χ4n) is 2.62. The van der Waals surface area contributed by atoms with Crippen LogP contribution < -0.4 is 5.32 Å². The summed E-state index contributed by atoms with van der Waals surface area (Å²) < 4.78 is 12.9. The van der Waals surface area contributed by atoms with E-state index in [1.165, 1.54) is 24.5 Å². The molecule has 3 rings (SSSR count). The second kappa shape index (κ2) is 8.89. The summed E-state index contributed by atoms with van der Waals surface area (Å²) in [6, 6.07) is 16.1. The van der Waals surface area contributed by atoms with Crippen LogP contribution in [0.1, 0.15) is 28.5 Å². The maximum absolute atomic E-state index is 12.9. The summed E-state index contributed by atoms with van der Waals surface area (Å²) in [5.74, 6) is 0.137. The molecule has 3 aromatic rings. The highest BCUT2D eigenvalue weighted by atomic mass is 19.1. The third-order valence-electron chi connectivity index (χ3n) is 4.14. The van der Waals surface area contributed by atoms with E-state index in [1.54, 1.807) is 17.0 Å². The second-order valence-electron chi connectivity index (χ2n) is 6.07. The summed E-state index contributed by atoms with van der Waals surface area (Å²) in [5, 5.41) is 3.11. The molecule has 0 saturated carbocycles. The molecular formula is C21H21FN4O. The number of benzene rings is 2. The van der Waals surface area contributed by atoms with Crippen molar-refractivity contribution >= 4 is 11.7 Å². The number of nitrogens with zero attached hydrogens (tertiary/aromatic N) is 3. The van der Waals surface area contributed by atoms with E-state index in [1.807, 2.05) is 37.3 Å². The standard InChI is InChI=1S/C21H21FN4O/c1-2-26(15-17-6-4-3-5-7-17)21(27)19-13-25-20(14-23-19)24-12-16-8-10-18(22)11-9-16/h3-11,13-14H,2,12,15H2,1H3,(H,24,25). The van der Waals surface area contributed by atoms with Crippen molar-refractivity contribution in [3.63, 3.8) is 0 Å². The van der Waals surface area contributed by atoms with Gasteiger partial charge in [-0.15, -0.1) is 0 Å². The zero-order chi connectivity index (χ0) is 19.1. The molecule has 0 radical (unpaired) electrons. The Morgan fingerprint density at radius 2 is 1.74 bits per heavy atom. The molecule has 2 aromatic carbocycles. The van der Waals surface area contributed by atoms with Crippen molar-refractivity contribution in [3.8, 4) is 0 Å². The van der Waals surface area contributed by atoms with Crippen LogP contribution >= 0.6 is 0 Å². The predicted molar refractivity (Wildman–Crippen MR) is 103 cm³/mol. The minimum absolute atomic E-state index is 0.154. The number of nitrogens with one attached hydrogen (secondary N) is 1. The lowest BCUT2D eigenvalue weighted by molar-refractivity contribution is 0.0746. The highest BCUT2D eigenvalue weighted by molar-refractivity contribution is 5.92. The van der Waals surface area contributed by atoms with E-state index in [4.69, 9.17) is 0 Å². The van der Waals surface area contributed by atoms with Gasteiger partial charge in [-0.2, -0.15) is 0 Å². The topological polar surface area (TPSA) is 58.1 Å². The van der Waals surface area contributed by atoms with E-state index in [2.05, 4.69) is 15.3 Å². The van der Waals surface area contributed by atoms with Gasteiger partial charge in [0.25, 0.3) is 5.91 Å². The van der Waals surface area contributed by atoms with Crippen molar-refractivity contribution in [2.45, 2.75) is 20.0 Å². The molecule has 1 aromatic heterocycles. The highest BCUT2D eigenvalue weighted by Crippen LogP contribution is 2.10. The smallest absolute Gasteiger partial charge is 0.274 e. The average Bonchev–Trinajstić information content (AvgIpc) is 2.72. The first-order valence-electron chi connectivity index (χ1n) is 8.79. The van der Waals surface area contributed by atoms with Crippen molar-refractivity contribution < 1.29 is 9.18 Å². The molecule has 0 aliphatic rings. The molecule has 1 N–H and O–H groups in total. The monoisotopic (exact) mass is 364 g/mol. The molecule has 0 aliphatic carbocycles. The maximum Gasteiger partial charge on any atom is 0.274 e. The zero-order valence-corrected chi connectivity index (χ0v) is 15.1. The van der Waals surface area contributed by atoms with Gasteiger partial charge in [0.15, 0.2) is 0 Å². The number of anilines is 1. The van der Waals surface area contributed by atoms with Crippen molar-refractivity contribution in [2.75, 3.05) is 11.9 Å².